The van der Waals surface area contributed by atoms with Gasteiger partial charge in [0.25, 0.3) is 0 Å². The van der Waals surface area contributed by atoms with Gasteiger partial charge in [0.05, 0.1) is 21.3 Å². The Bertz CT molecular complexity index is 1180. The molecule has 30 heavy (non-hydrogen) atoms. The van der Waals surface area contributed by atoms with E-state index < -0.39 is 0 Å². The fourth-order valence-electron chi connectivity index (χ4n) is 3.37. The SMILES string of the molecule is COc1cc(/C=C/c2cc(O)c3cc(-c4ccccc4)sc3c2)cc(OC)c1OC. The molecule has 5 heteroatoms. The molecule has 4 aromatic rings. The van der Waals surface area contributed by atoms with E-state index in [4.69, 9.17) is 14.2 Å². The van der Waals surface area contributed by atoms with Crippen LogP contribution >= 0.6 is 11.3 Å². The van der Waals surface area contributed by atoms with E-state index in [1.807, 2.05) is 48.6 Å². The Balaban J connectivity index is 1.70. The number of aromatic hydroxyl groups is 1. The molecule has 4 nitrogen and oxygen atoms in total. The van der Waals surface area contributed by atoms with Crippen LogP contribution in [-0.2, 0) is 0 Å². The molecule has 1 N–H and O–H groups in total. The number of methoxy groups -OCH3 is 3. The number of rotatable bonds is 6. The van der Waals surface area contributed by atoms with Gasteiger partial charge in [-0.05, 0) is 47.0 Å². The molecule has 0 saturated carbocycles. The number of ether oxygens (including phenoxy) is 3. The summed E-state index contributed by atoms with van der Waals surface area (Å²) in [5.74, 6) is 2.03. The number of fused-ring (bicyclic) bond motifs is 1. The van der Waals surface area contributed by atoms with Crippen LogP contribution in [-0.4, -0.2) is 26.4 Å². The second-order valence-corrected chi connectivity index (χ2v) is 7.80. The minimum absolute atomic E-state index is 0.274. The molecule has 152 valence electrons. The van der Waals surface area contributed by atoms with Crippen molar-refractivity contribution in [2.75, 3.05) is 21.3 Å². The van der Waals surface area contributed by atoms with Crippen molar-refractivity contribution in [2.24, 2.45) is 0 Å². The quantitative estimate of drug-likeness (QED) is 0.365. The fourth-order valence-corrected chi connectivity index (χ4v) is 4.51. The highest BCUT2D eigenvalue weighted by atomic mass is 32.1. The molecule has 0 unspecified atom stereocenters. The largest absolute Gasteiger partial charge is 0.507 e. The van der Waals surface area contributed by atoms with Crippen molar-refractivity contribution in [2.45, 2.75) is 0 Å². The first kappa shape index (κ1) is 19.9. The molecule has 0 saturated heterocycles. The number of phenols is 1. The predicted octanol–water partition coefficient (Wildman–Crippen LogP) is 6.47. The summed E-state index contributed by atoms with van der Waals surface area (Å²) in [6.07, 6.45) is 3.92. The molecule has 1 heterocycles. The minimum Gasteiger partial charge on any atom is -0.507 e. The second kappa shape index (κ2) is 8.51. The summed E-state index contributed by atoms with van der Waals surface area (Å²) in [4.78, 5) is 1.13. The third-order valence-electron chi connectivity index (χ3n) is 4.85. The lowest BCUT2D eigenvalue weighted by atomic mass is 10.1. The van der Waals surface area contributed by atoms with Crippen molar-refractivity contribution in [3.63, 3.8) is 0 Å². The van der Waals surface area contributed by atoms with Gasteiger partial charge in [0, 0.05) is 15.0 Å². The molecule has 0 bridgehead atoms. The van der Waals surface area contributed by atoms with Gasteiger partial charge in [-0.1, -0.05) is 42.5 Å². The van der Waals surface area contributed by atoms with Gasteiger partial charge in [-0.3, -0.25) is 0 Å². The third kappa shape index (κ3) is 3.84. The number of benzene rings is 3. The van der Waals surface area contributed by atoms with Gasteiger partial charge in [0.15, 0.2) is 11.5 Å². The first-order valence-electron chi connectivity index (χ1n) is 9.43. The molecular formula is C25H22O4S. The van der Waals surface area contributed by atoms with E-state index in [0.29, 0.717) is 17.2 Å². The van der Waals surface area contributed by atoms with E-state index in [2.05, 4.69) is 18.2 Å². The highest BCUT2D eigenvalue weighted by Gasteiger charge is 2.12. The summed E-state index contributed by atoms with van der Waals surface area (Å²) in [5.41, 5.74) is 2.96. The lowest BCUT2D eigenvalue weighted by Gasteiger charge is -2.12. The third-order valence-corrected chi connectivity index (χ3v) is 5.98. The maximum Gasteiger partial charge on any atom is 0.203 e. The van der Waals surface area contributed by atoms with E-state index in [0.717, 1.165) is 31.7 Å². The van der Waals surface area contributed by atoms with Crippen molar-refractivity contribution in [1.29, 1.82) is 0 Å². The van der Waals surface area contributed by atoms with Crippen LogP contribution in [0.5, 0.6) is 23.0 Å². The van der Waals surface area contributed by atoms with Crippen molar-refractivity contribution in [3.05, 3.63) is 71.8 Å². The summed E-state index contributed by atoms with van der Waals surface area (Å²) >= 11 is 1.67. The van der Waals surface area contributed by atoms with Crippen LogP contribution in [0.3, 0.4) is 0 Å². The van der Waals surface area contributed by atoms with Gasteiger partial charge < -0.3 is 19.3 Å². The van der Waals surface area contributed by atoms with Gasteiger partial charge in [0.1, 0.15) is 5.75 Å². The molecule has 0 aliphatic heterocycles. The maximum absolute atomic E-state index is 10.6. The highest BCUT2D eigenvalue weighted by molar-refractivity contribution is 7.22. The smallest absolute Gasteiger partial charge is 0.203 e. The monoisotopic (exact) mass is 418 g/mol. The van der Waals surface area contributed by atoms with Crippen LogP contribution in [0.2, 0.25) is 0 Å². The van der Waals surface area contributed by atoms with E-state index in [1.165, 1.54) is 0 Å². The van der Waals surface area contributed by atoms with Crippen molar-refractivity contribution >= 4 is 33.6 Å². The Kier molecular flexibility index (Phi) is 5.63. The summed E-state index contributed by atoms with van der Waals surface area (Å²) in [5, 5.41) is 11.4. The lowest BCUT2D eigenvalue weighted by Crippen LogP contribution is -1.95. The van der Waals surface area contributed by atoms with E-state index in [9.17, 15) is 5.11 Å². The molecule has 4 rings (SSSR count). The molecule has 0 aliphatic rings. The van der Waals surface area contributed by atoms with Crippen LogP contribution < -0.4 is 14.2 Å². The summed E-state index contributed by atoms with van der Waals surface area (Å²) in [6.45, 7) is 0. The molecule has 1 aromatic heterocycles. The number of thiophene rings is 1. The zero-order chi connectivity index (χ0) is 21.1. The summed E-state index contributed by atoms with van der Waals surface area (Å²) in [7, 11) is 4.77. The van der Waals surface area contributed by atoms with Crippen LogP contribution in [0.1, 0.15) is 11.1 Å². The van der Waals surface area contributed by atoms with Gasteiger partial charge in [-0.2, -0.15) is 0 Å². The molecule has 0 fully saturated rings. The van der Waals surface area contributed by atoms with Crippen LogP contribution in [0.25, 0.3) is 32.7 Å². The van der Waals surface area contributed by atoms with Crippen molar-refractivity contribution < 1.29 is 19.3 Å². The first-order valence-corrected chi connectivity index (χ1v) is 10.2. The number of phenolic OH excluding ortho intramolecular Hbond substituents is 1. The molecule has 0 atom stereocenters. The molecule has 0 amide bonds. The van der Waals surface area contributed by atoms with Crippen molar-refractivity contribution in [1.82, 2.24) is 0 Å². The predicted molar refractivity (Wildman–Crippen MR) is 124 cm³/mol. The Morgan fingerprint density at radius 2 is 1.40 bits per heavy atom. The Labute approximate surface area is 179 Å². The molecule has 3 aromatic carbocycles. The topological polar surface area (TPSA) is 47.9 Å². The summed E-state index contributed by atoms with van der Waals surface area (Å²) < 4.78 is 17.2. The summed E-state index contributed by atoms with van der Waals surface area (Å²) in [6, 6.07) is 19.9. The normalized spacial score (nSPS) is 11.2. The minimum atomic E-state index is 0.274. The first-order chi connectivity index (χ1) is 14.6. The molecule has 0 aliphatic carbocycles. The van der Waals surface area contributed by atoms with E-state index >= 15 is 0 Å². The molecule has 0 spiro atoms. The zero-order valence-electron chi connectivity index (χ0n) is 17.0. The van der Waals surface area contributed by atoms with Gasteiger partial charge >= 0.3 is 0 Å². The average Bonchev–Trinajstić information content (AvgIpc) is 3.22. The van der Waals surface area contributed by atoms with Crippen molar-refractivity contribution in [3.8, 4) is 33.4 Å². The highest BCUT2D eigenvalue weighted by Crippen LogP contribution is 2.40. The van der Waals surface area contributed by atoms with E-state index in [-0.39, 0.29) is 5.75 Å². The maximum atomic E-state index is 10.6. The average molecular weight is 419 g/mol. The van der Waals surface area contributed by atoms with Gasteiger partial charge in [-0.25, -0.2) is 0 Å². The zero-order valence-corrected chi connectivity index (χ0v) is 17.8. The van der Waals surface area contributed by atoms with Crippen LogP contribution in [0.4, 0.5) is 0 Å². The Morgan fingerprint density at radius 3 is 2.00 bits per heavy atom. The number of hydrogen-bond donors (Lipinski definition) is 1. The number of hydrogen-bond acceptors (Lipinski definition) is 5. The van der Waals surface area contributed by atoms with Crippen LogP contribution in [0, 0.1) is 0 Å². The molecular weight excluding hydrogens is 396 g/mol. The van der Waals surface area contributed by atoms with Gasteiger partial charge in [0.2, 0.25) is 5.75 Å². The van der Waals surface area contributed by atoms with E-state index in [1.54, 1.807) is 38.7 Å². The fraction of sp³-hybridized carbons (Fsp3) is 0.120. The molecule has 0 radical (unpaired) electrons. The standard InChI is InChI=1S/C25H22O4S/c1-27-21-12-17(13-22(28-2)25(21)29-3)10-9-16-11-20(26)19-15-23(30-24(19)14-16)18-7-5-4-6-8-18/h4-15,26H,1-3H3/b10-9+. The van der Waals surface area contributed by atoms with Crippen LogP contribution in [0.15, 0.2) is 60.7 Å². The lowest BCUT2D eigenvalue weighted by molar-refractivity contribution is 0.324. The van der Waals surface area contributed by atoms with Gasteiger partial charge in [-0.15, -0.1) is 11.3 Å². The Morgan fingerprint density at radius 1 is 0.767 bits per heavy atom. The second-order valence-electron chi connectivity index (χ2n) is 6.72. The Hall–Kier alpha value is -3.44.